The summed E-state index contributed by atoms with van der Waals surface area (Å²) in [5, 5.41) is 0. The first-order valence-corrected chi connectivity index (χ1v) is 12.9. The molecule has 0 heterocycles. The van der Waals surface area contributed by atoms with E-state index in [0.717, 1.165) is 37.6 Å². The Morgan fingerprint density at radius 2 is 0.788 bits per heavy atom. The van der Waals surface area contributed by atoms with Crippen LogP contribution in [0.1, 0.15) is 90.9 Å². The fraction of sp³-hybridized carbons (Fsp3) is 0.571. The number of benzene rings is 2. The zero-order valence-electron chi connectivity index (χ0n) is 20.7. The molecule has 0 aliphatic carbocycles. The molecule has 0 aliphatic heterocycles. The van der Waals surface area contributed by atoms with Crippen LogP contribution in [0.4, 0.5) is 0 Å². The monoisotopic (exact) mass is 453 g/mol. The van der Waals surface area contributed by atoms with Crippen LogP contribution in [0.15, 0.2) is 48.5 Å². The van der Waals surface area contributed by atoms with E-state index in [1.54, 1.807) is 0 Å². The van der Waals surface area contributed by atoms with Gasteiger partial charge in [-0.15, -0.1) is 0 Å². The topological polar surface area (TPSA) is 36.9 Å². The fourth-order valence-corrected chi connectivity index (χ4v) is 3.51. The van der Waals surface area contributed by atoms with Crippen LogP contribution < -0.4 is 18.8 Å². The lowest BCUT2D eigenvalue weighted by Crippen LogP contribution is -2.10. The van der Waals surface area contributed by atoms with Crippen LogP contribution in [-0.2, 0) is 0 Å². The van der Waals surface area contributed by atoms with Gasteiger partial charge in [0.2, 0.25) is 0 Å². The largest absolute Gasteiger partial charge is 0.658 e. The second-order valence-electron chi connectivity index (χ2n) is 8.51. The lowest BCUT2D eigenvalue weighted by molar-refractivity contribution is 0.304. The van der Waals surface area contributed by atoms with Crippen molar-refractivity contribution in [2.45, 2.75) is 90.9 Å². The van der Waals surface area contributed by atoms with Crippen molar-refractivity contribution in [2.24, 2.45) is 0 Å². The standard InChI is InChI=1S/C28H42BO4/c1-3-5-7-9-11-13-23-30-25-15-19-27(20-16-25)32-29-33-28-21-17-26(18-22-28)31-24-14-12-10-8-6-4-2/h15-22H,3-14,23-24H2,1-2H3. The van der Waals surface area contributed by atoms with Crippen LogP contribution in [0.2, 0.25) is 0 Å². The number of hydrogen-bond donors (Lipinski definition) is 0. The zero-order valence-corrected chi connectivity index (χ0v) is 20.7. The predicted molar refractivity (Wildman–Crippen MR) is 138 cm³/mol. The predicted octanol–water partition coefficient (Wildman–Crippen LogP) is 8.16. The van der Waals surface area contributed by atoms with Gasteiger partial charge in [0.15, 0.2) is 0 Å². The van der Waals surface area contributed by atoms with Crippen molar-refractivity contribution in [3.63, 3.8) is 0 Å². The lowest BCUT2D eigenvalue weighted by atomic mass is 10.1. The molecular weight excluding hydrogens is 411 g/mol. The third-order valence-corrected chi connectivity index (χ3v) is 5.55. The second kappa shape index (κ2) is 18.2. The van der Waals surface area contributed by atoms with Crippen molar-refractivity contribution in [1.82, 2.24) is 0 Å². The molecule has 0 amide bonds. The van der Waals surface area contributed by atoms with Crippen LogP contribution in [0.3, 0.4) is 0 Å². The summed E-state index contributed by atoms with van der Waals surface area (Å²) in [6.45, 7) is 6.01. The first-order valence-electron chi connectivity index (χ1n) is 12.9. The molecule has 1 radical (unpaired) electrons. The van der Waals surface area contributed by atoms with E-state index in [0.29, 0.717) is 11.5 Å². The van der Waals surface area contributed by atoms with E-state index in [1.807, 2.05) is 48.5 Å². The molecule has 0 bridgehead atoms. The Kier molecular flexibility index (Phi) is 14.8. The van der Waals surface area contributed by atoms with E-state index in [2.05, 4.69) is 13.8 Å². The van der Waals surface area contributed by atoms with E-state index in [1.165, 1.54) is 71.9 Å². The number of hydrogen-bond acceptors (Lipinski definition) is 4. The van der Waals surface area contributed by atoms with Gasteiger partial charge in [-0.3, -0.25) is 0 Å². The van der Waals surface area contributed by atoms with Gasteiger partial charge in [0, 0.05) is 0 Å². The van der Waals surface area contributed by atoms with Gasteiger partial charge in [0.1, 0.15) is 23.0 Å². The minimum Gasteiger partial charge on any atom is -0.526 e. The molecule has 5 heteroatoms. The van der Waals surface area contributed by atoms with Gasteiger partial charge in [0.05, 0.1) is 13.2 Å². The Morgan fingerprint density at radius 3 is 1.18 bits per heavy atom. The molecule has 0 N–H and O–H groups in total. The molecule has 0 aliphatic rings. The van der Waals surface area contributed by atoms with E-state index < -0.39 is 0 Å². The Hall–Kier alpha value is -2.30. The van der Waals surface area contributed by atoms with Gasteiger partial charge < -0.3 is 18.8 Å². The number of rotatable bonds is 20. The molecule has 0 spiro atoms. The van der Waals surface area contributed by atoms with Crippen molar-refractivity contribution in [3.8, 4) is 23.0 Å². The van der Waals surface area contributed by atoms with E-state index >= 15 is 0 Å². The third kappa shape index (κ3) is 13.1. The molecule has 0 unspecified atom stereocenters. The Morgan fingerprint density at radius 1 is 0.455 bits per heavy atom. The second-order valence-corrected chi connectivity index (χ2v) is 8.51. The van der Waals surface area contributed by atoms with Gasteiger partial charge in [-0.2, -0.15) is 0 Å². The first-order chi connectivity index (χ1) is 16.3. The molecule has 0 fully saturated rings. The summed E-state index contributed by atoms with van der Waals surface area (Å²) in [5.74, 6) is 3.16. The SMILES string of the molecule is CCCCCCCCOc1ccc(O[B]Oc2ccc(OCCCCCCCC)cc2)cc1. The van der Waals surface area contributed by atoms with Crippen LogP contribution in [0.5, 0.6) is 23.0 Å². The van der Waals surface area contributed by atoms with E-state index in [-0.39, 0.29) is 0 Å². The van der Waals surface area contributed by atoms with Gasteiger partial charge >= 0.3 is 7.69 Å². The number of unbranched alkanes of at least 4 members (excludes halogenated alkanes) is 10. The summed E-state index contributed by atoms with van der Waals surface area (Å²) in [6.07, 6.45) is 15.2. The normalized spacial score (nSPS) is 10.6. The van der Waals surface area contributed by atoms with Gasteiger partial charge in [-0.25, -0.2) is 0 Å². The summed E-state index contributed by atoms with van der Waals surface area (Å²) >= 11 is 0. The highest BCUT2D eigenvalue weighted by Crippen LogP contribution is 2.20. The first kappa shape index (κ1) is 27.0. The van der Waals surface area contributed by atoms with Crippen LogP contribution in [0.25, 0.3) is 0 Å². The van der Waals surface area contributed by atoms with Crippen LogP contribution in [0, 0.1) is 0 Å². The zero-order chi connectivity index (χ0) is 23.4. The minimum atomic E-state index is 0.709. The molecule has 2 rings (SSSR count). The van der Waals surface area contributed by atoms with Gasteiger partial charge in [-0.1, -0.05) is 78.1 Å². The highest BCUT2D eigenvalue weighted by molar-refractivity contribution is 6.20. The number of ether oxygens (including phenoxy) is 2. The lowest BCUT2D eigenvalue weighted by Gasteiger charge is -2.10. The average Bonchev–Trinajstić information content (AvgIpc) is 2.85. The average molecular weight is 453 g/mol. The molecule has 2 aromatic carbocycles. The summed E-state index contributed by atoms with van der Waals surface area (Å²) in [6, 6.07) is 15.2. The Bertz CT molecular complexity index is 641. The van der Waals surface area contributed by atoms with Gasteiger partial charge in [-0.05, 0) is 61.4 Å². The van der Waals surface area contributed by atoms with Crippen molar-refractivity contribution >= 4 is 7.69 Å². The minimum absolute atomic E-state index is 0.709. The molecule has 0 saturated carbocycles. The summed E-state index contributed by atoms with van der Waals surface area (Å²) in [4.78, 5) is 0. The Balaban J connectivity index is 1.54. The maximum atomic E-state index is 5.80. The maximum absolute atomic E-state index is 5.80. The molecule has 0 saturated heterocycles. The van der Waals surface area contributed by atoms with Crippen LogP contribution in [-0.4, -0.2) is 20.9 Å². The van der Waals surface area contributed by atoms with Crippen molar-refractivity contribution in [1.29, 1.82) is 0 Å². The van der Waals surface area contributed by atoms with Crippen molar-refractivity contribution in [3.05, 3.63) is 48.5 Å². The van der Waals surface area contributed by atoms with E-state index in [9.17, 15) is 0 Å². The fourth-order valence-electron chi connectivity index (χ4n) is 3.51. The van der Waals surface area contributed by atoms with Crippen molar-refractivity contribution in [2.75, 3.05) is 13.2 Å². The molecule has 0 atom stereocenters. The summed E-state index contributed by atoms with van der Waals surface area (Å²) in [7, 11) is 1.35. The maximum Gasteiger partial charge on any atom is 0.658 e. The van der Waals surface area contributed by atoms with E-state index in [4.69, 9.17) is 18.8 Å². The van der Waals surface area contributed by atoms with Crippen molar-refractivity contribution < 1.29 is 18.8 Å². The molecule has 2 aromatic rings. The summed E-state index contributed by atoms with van der Waals surface area (Å²) < 4.78 is 22.7. The molecular formula is C28H42BO4. The molecule has 33 heavy (non-hydrogen) atoms. The molecule has 0 aromatic heterocycles. The quantitative estimate of drug-likeness (QED) is 0.150. The summed E-state index contributed by atoms with van der Waals surface area (Å²) in [5.41, 5.74) is 0. The van der Waals surface area contributed by atoms with Crippen LogP contribution >= 0.6 is 0 Å². The smallest absolute Gasteiger partial charge is 0.526 e. The molecule has 4 nitrogen and oxygen atoms in total. The Labute approximate surface area is 202 Å². The highest BCUT2D eigenvalue weighted by Gasteiger charge is 2.03. The third-order valence-electron chi connectivity index (χ3n) is 5.55. The van der Waals surface area contributed by atoms with Gasteiger partial charge in [0.25, 0.3) is 0 Å². The molecule has 181 valence electrons. The highest BCUT2D eigenvalue weighted by atomic mass is 16.6.